The Morgan fingerprint density at radius 3 is 2.60 bits per heavy atom. The van der Waals surface area contributed by atoms with Crippen LogP contribution in [0.2, 0.25) is 0 Å². The van der Waals surface area contributed by atoms with Gasteiger partial charge < -0.3 is 10.2 Å². The maximum atomic E-state index is 12.6. The molecule has 0 aromatic heterocycles. The Labute approximate surface area is 122 Å². The summed E-state index contributed by atoms with van der Waals surface area (Å²) in [6.07, 6.45) is 4.43. The van der Waals surface area contributed by atoms with Gasteiger partial charge in [-0.2, -0.15) is 0 Å². The highest BCUT2D eigenvalue weighted by Crippen LogP contribution is 2.12. The molecule has 0 radical (unpaired) electrons. The number of hydrogen-bond acceptors (Lipinski definition) is 2. The highest BCUT2D eigenvalue weighted by atomic mass is 16.2. The smallest absolute Gasteiger partial charge is 0.253 e. The number of carbonyl (C=O) groups excluding carboxylic acids is 1. The Balaban J connectivity index is 2.04. The third kappa shape index (κ3) is 3.83. The minimum Gasteiger partial charge on any atom is -0.337 e. The van der Waals surface area contributed by atoms with E-state index in [1.807, 2.05) is 17.0 Å². The molecule has 1 aromatic rings. The first-order chi connectivity index (χ1) is 9.74. The second-order valence-electron chi connectivity index (χ2n) is 5.59. The average molecular weight is 274 g/mol. The molecule has 0 aliphatic carbocycles. The van der Waals surface area contributed by atoms with Gasteiger partial charge in [0.1, 0.15) is 0 Å². The number of nitrogens with one attached hydrogen (secondary N) is 1. The molecule has 1 unspecified atom stereocenters. The van der Waals surface area contributed by atoms with Crippen LogP contribution in [0.1, 0.15) is 49.0 Å². The van der Waals surface area contributed by atoms with E-state index >= 15 is 0 Å². The van der Waals surface area contributed by atoms with E-state index < -0.39 is 0 Å². The van der Waals surface area contributed by atoms with E-state index in [9.17, 15) is 4.79 Å². The predicted molar refractivity (Wildman–Crippen MR) is 83.0 cm³/mol. The van der Waals surface area contributed by atoms with Gasteiger partial charge in [0, 0.05) is 24.7 Å². The number of carbonyl (C=O) groups is 1. The van der Waals surface area contributed by atoms with Crippen LogP contribution in [0.3, 0.4) is 0 Å². The van der Waals surface area contributed by atoms with Crippen molar-refractivity contribution in [3.63, 3.8) is 0 Å². The van der Waals surface area contributed by atoms with Crippen LogP contribution >= 0.6 is 0 Å². The number of nitrogens with zero attached hydrogens (tertiary/aromatic N) is 1. The van der Waals surface area contributed by atoms with E-state index in [0.717, 1.165) is 38.0 Å². The fraction of sp³-hybridized carbons (Fsp3) is 0.588. The molecular weight excluding hydrogens is 248 g/mol. The number of amides is 1. The summed E-state index contributed by atoms with van der Waals surface area (Å²) in [6, 6.07) is 8.52. The number of aryl methyl sites for hydroxylation is 1. The van der Waals surface area contributed by atoms with Crippen LogP contribution in [0.25, 0.3) is 0 Å². The van der Waals surface area contributed by atoms with Crippen LogP contribution < -0.4 is 5.32 Å². The van der Waals surface area contributed by atoms with Crippen LogP contribution in [-0.4, -0.2) is 36.5 Å². The summed E-state index contributed by atoms with van der Waals surface area (Å²) in [5.74, 6) is 0.170. The quantitative estimate of drug-likeness (QED) is 0.865. The van der Waals surface area contributed by atoms with E-state index in [4.69, 9.17) is 0 Å². The molecule has 1 atom stereocenters. The van der Waals surface area contributed by atoms with Crippen LogP contribution in [0.4, 0.5) is 0 Å². The molecule has 1 aliphatic rings. The van der Waals surface area contributed by atoms with E-state index in [-0.39, 0.29) is 5.91 Å². The molecular formula is C17H26N2O. The number of hydrogen-bond donors (Lipinski definition) is 1. The fourth-order valence-electron chi connectivity index (χ4n) is 2.79. The van der Waals surface area contributed by atoms with Gasteiger partial charge in [-0.05, 0) is 49.9 Å². The molecule has 1 amide bonds. The molecule has 0 bridgehead atoms. The first-order valence-electron chi connectivity index (χ1n) is 7.86. The second-order valence-corrected chi connectivity index (χ2v) is 5.59. The molecule has 3 nitrogen and oxygen atoms in total. The second kappa shape index (κ2) is 7.44. The fourth-order valence-corrected chi connectivity index (χ4v) is 2.79. The van der Waals surface area contributed by atoms with Gasteiger partial charge in [-0.25, -0.2) is 0 Å². The number of benzene rings is 1. The van der Waals surface area contributed by atoms with Crippen LogP contribution in [0.5, 0.6) is 0 Å². The Morgan fingerprint density at radius 2 is 2.05 bits per heavy atom. The summed E-state index contributed by atoms with van der Waals surface area (Å²) in [6.45, 7) is 7.02. The summed E-state index contributed by atoms with van der Waals surface area (Å²) >= 11 is 0. The molecule has 3 heteroatoms. The van der Waals surface area contributed by atoms with Crippen molar-refractivity contribution in [1.82, 2.24) is 10.2 Å². The van der Waals surface area contributed by atoms with Gasteiger partial charge in [0.15, 0.2) is 0 Å². The molecule has 20 heavy (non-hydrogen) atoms. The topological polar surface area (TPSA) is 32.3 Å². The van der Waals surface area contributed by atoms with E-state index in [2.05, 4.69) is 31.3 Å². The maximum Gasteiger partial charge on any atom is 0.253 e. The minimum absolute atomic E-state index is 0.170. The van der Waals surface area contributed by atoms with Crippen molar-refractivity contribution in [3.8, 4) is 0 Å². The van der Waals surface area contributed by atoms with Crippen molar-refractivity contribution in [1.29, 1.82) is 0 Å². The van der Waals surface area contributed by atoms with Crippen LogP contribution in [0.15, 0.2) is 24.3 Å². The normalized spacial score (nSPS) is 18.2. The van der Waals surface area contributed by atoms with Crippen molar-refractivity contribution in [2.75, 3.05) is 19.6 Å². The SMILES string of the molecule is CCCN(CC1CCCN1)C(=O)c1ccc(CC)cc1. The zero-order valence-corrected chi connectivity index (χ0v) is 12.7. The maximum absolute atomic E-state index is 12.6. The van der Waals surface area contributed by atoms with Crippen molar-refractivity contribution in [3.05, 3.63) is 35.4 Å². The summed E-state index contributed by atoms with van der Waals surface area (Å²) in [7, 11) is 0. The van der Waals surface area contributed by atoms with Gasteiger partial charge in [-0.1, -0.05) is 26.0 Å². The summed E-state index contributed by atoms with van der Waals surface area (Å²) in [5.41, 5.74) is 2.09. The summed E-state index contributed by atoms with van der Waals surface area (Å²) in [4.78, 5) is 14.6. The monoisotopic (exact) mass is 274 g/mol. The van der Waals surface area contributed by atoms with Gasteiger partial charge in [-0.15, -0.1) is 0 Å². The molecule has 0 spiro atoms. The van der Waals surface area contributed by atoms with Crippen LogP contribution in [0, 0.1) is 0 Å². The average Bonchev–Trinajstić information content (AvgIpc) is 2.99. The predicted octanol–water partition coefficient (Wildman–Crippen LogP) is 2.85. The van der Waals surface area contributed by atoms with Crippen molar-refractivity contribution in [2.45, 2.75) is 45.6 Å². The summed E-state index contributed by atoms with van der Waals surface area (Å²) in [5, 5.41) is 3.48. The molecule has 110 valence electrons. The zero-order chi connectivity index (χ0) is 14.4. The lowest BCUT2D eigenvalue weighted by Gasteiger charge is -2.25. The molecule has 2 rings (SSSR count). The van der Waals surface area contributed by atoms with Crippen molar-refractivity contribution in [2.24, 2.45) is 0 Å². The molecule has 1 fully saturated rings. The Kier molecular flexibility index (Phi) is 5.60. The van der Waals surface area contributed by atoms with E-state index in [1.165, 1.54) is 18.4 Å². The van der Waals surface area contributed by atoms with E-state index in [0.29, 0.717) is 6.04 Å². The molecule has 1 saturated heterocycles. The first kappa shape index (κ1) is 15.0. The third-order valence-corrected chi connectivity index (χ3v) is 3.99. The standard InChI is InChI=1S/C17H26N2O/c1-3-12-19(13-16-6-5-11-18-16)17(20)15-9-7-14(4-2)8-10-15/h7-10,16,18H,3-6,11-13H2,1-2H3. The van der Waals surface area contributed by atoms with Gasteiger partial charge in [-0.3, -0.25) is 4.79 Å². The van der Waals surface area contributed by atoms with Gasteiger partial charge in [0.05, 0.1) is 0 Å². The zero-order valence-electron chi connectivity index (χ0n) is 12.7. The molecule has 0 saturated carbocycles. The Morgan fingerprint density at radius 1 is 1.30 bits per heavy atom. The third-order valence-electron chi connectivity index (χ3n) is 3.99. The molecule has 1 heterocycles. The largest absolute Gasteiger partial charge is 0.337 e. The lowest BCUT2D eigenvalue weighted by Crippen LogP contribution is -2.41. The first-order valence-corrected chi connectivity index (χ1v) is 7.86. The van der Waals surface area contributed by atoms with Gasteiger partial charge in [0.2, 0.25) is 0 Å². The lowest BCUT2D eigenvalue weighted by molar-refractivity contribution is 0.0742. The lowest BCUT2D eigenvalue weighted by atomic mass is 10.1. The highest BCUT2D eigenvalue weighted by Gasteiger charge is 2.21. The van der Waals surface area contributed by atoms with Crippen LogP contribution in [-0.2, 0) is 6.42 Å². The molecule has 1 aliphatic heterocycles. The molecule has 1 N–H and O–H groups in total. The minimum atomic E-state index is 0.170. The van der Waals surface area contributed by atoms with Gasteiger partial charge in [0.25, 0.3) is 5.91 Å². The molecule has 1 aromatic carbocycles. The van der Waals surface area contributed by atoms with Crippen molar-refractivity contribution >= 4 is 5.91 Å². The highest BCUT2D eigenvalue weighted by molar-refractivity contribution is 5.94. The summed E-state index contributed by atoms with van der Waals surface area (Å²) < 4.78 is 0. The Hall–Kier alpha value is -1.35. The van der Waals surface area contributed by atoms with Crippen molar-refractivity contribution < 1.29 is 4.79 Å². The number of rotatable bonds is 6. The van der Waals surface area contributed by atoms with Gasteiger partial charge >= 0.3 is 0 Å². The van der Waals surface area contributed by atoms with E-state index in [1.54, 1.807) is 0 Å². The Bertz CT molecular complexity index is 421.